The lowest BCUT2D eigenvalue weighted by atomic mass is 9.96. The fourth-order valence-electron chi connectivity index (χ4n) is 3.66. The Morgan fingerprint density at radius 3 is 2.72 bits per heavy atom. The van der Waals surface area contributed by atoms with Crippen molar-refractivity contribution in [3.63, 3.8) is 0 Å². The molecule has 7 nitrogen and oxygen atoms in total. The highest BCUT2D eigenvalue weighted by Gasteiger charge is 2.21. The van der Waals surface area contributed by atoms with Crippen LogP contribution in [0.15, 0.2) is 48.9 Å². The quantitative estimate of drug-likeness (QED) is 0.433. The summed E-state index contributed by atoms with van der Waals surface area (Å²) in [6.07, 6.45) is 5.51. The zero-order chi connectivity index (χ0) is 22.8. The van der Waals surface area contributed by atoms with E-state index in [1.165, 1.54) is 12.1 Å². The van der Waals surface area contributed by atoms with Crippen molar-refractivity contribution >= 4 is 17.4 Å². The number of aryl methyl sites for hydroxylation is 2. The zero-order valence-electron chi connectivity index (χ0n) is 18.1. The van der Waals surface area contributed by atoms with E-state index in [0.29, 0.717) is 22.9 Å². The Morgan fingerprint density at radius 1 is 1.19 bits per heavy atom. The van der Waals surface area contributed by atoms with Crippen LogP contribution in [0.5, 0.6) is 5.75 Å². The van der Waals surface area contributed by atoms with Crippen LogP contribution < -0.4 is 10.5 Å². The predicted octanol–water partition coefficient (Wildman–Crippen LogP) is 4.80. The number of anilines is 1. The molecule has 2 N–H and O–H groups in total. The lowest BCUT2D eigenvalue weighted by molar-refractivity contribution is 0.227. The maximum atomic E-state index is 14.2. The van der Waals surface area contributed by atoms with Crippen molar-refractivity contribution in [2.45, 2.75) is 32.9 Å². The highest BCUT2D eigenvalue weighted by atomic mass is 35.5. The Bertz CT molecular complexity index is 1250. The minimum Gasteiger partial charge on any atom is -0.482 e. The van der Waals surface area contributed by atoms with Gasteiger partial charge in [-0.25, -0.2) is 9.37 Å². The first-order valence-electron chi connectivity index (χ1n) is 10.3. The second kappa shape index (κ2) is 9.00. The average molecular weight is 455 g/mol. The number of ether oxygens (including phenoxy) is 1. The van der Waals surface area contributed by atoms with Gasteiger partial charge in [0.25, 0.3) is 0 Å². The van der Waals surface area contributed by atoms with E-state index < -0.39 is 6.10 Å². The van der Waals surface area contributed by atoms with E-state index in [0.717, 1.165) is 28.9 Å². The third kappa shape index (κ3) is 4.45. The van der Waals surface area contributed by atoms with Crippen molar-refractivity contribution in [1.29, 1.82) is 0 Å². The molecule has 32 heavy (non-hydrogen) atoms. The van der Waals surface area contributed by atoms with Crippen LogP contribution in [0.25, 0.3) is 11.3 Å². The maximum absolute atomic E-state index is 14.2. The Labute approximate surface area is 190 Å². The smallest absolute Gasteiger partial charge is 0.166 e. The van der Waals surface area contributed by atoms with Gasteiger partial charge in [-0.1, -0.05) is 11.6 Å². The molecule has 0 fully saturated rings. The normalized spacial score (nSPS) is 12.2. The van der Waals surface area contributed by atoms with E-state index >= 15 is 0 Å². The fraction of sp³-hybridized carbons (Fsp3) is 0.261. The first-order valence-corrected chi connectivity index (χ1v) is 10.6. The molecule has 1 unspecified atom stereocenters. The minimum atomic E-state index is -0.492. The largest absolute Gasteiger partial charge is 0.482 e. The molecular formula is C23H24ClFN6O. The highest BCUT2D eigenvalue weighted by molar-refractivity contribution is 6.30. The number of pyridine rings is 1. The molecule has 0 bridgehead atoms. The van der Waals surface area contributed by atoms with Crippen molar-refractivity contribution in [3.05, 3.63) is 76.6 Å². The number of halogens is 2. The molecule has 0 amide bonds. The summed E-state index contributed by atoms with van der Waals surface area (Å²) in [6, 6.07) is 8.08. The number of hydrogen-bond acceptors (Lipinski definition) is 5. The Balaban J connectivity index is 1.73. The Kier molecular flexibility index (Phi) is 6.14. The van der Waals surface area contributed by atoms with Gasteiger partial charge < -0.3 is 10.5 Å². The first-order chi connectivity index (χ1) is 15.4. The predicted molar refractivity (Wildman–Crippen MR) is 122 cm³/mol. The molecule has 0 saturated heterocycles. The van der Waals surface area contributed by atoms with Crippen molar-refractivity contribution in [1.82, 2.24) is 24.5 Å². The molecule has 4 rings (SSSR count). The standard InChI is InChI=1S/C23H24ClFN6O/c1-4-31-13-16(22(24)29-31)10-15-12-30(3)28-21(15)18-8-7-17(25)11-19(18)14(2)32-20-6-5-9-27-23(20)26/h5-9,11-14H,4,10H2,1-3H3,(H2,26,27). The molecule has 9 heteroatoms. The summed E-state index contributed by atoms with van der Waals surface area (Å²) in [5, 5.41) is 9.44. The van der Waals surface area contributed by atoms with E-state index in [4.69, 9.17) is 22.1 Å². The van der Waals surface area contributed by atoms with Gasteiger partial charge in [0, 0.05) is 60.9 Å². The Morgan fingerprint density at radius 2 is 2.00 bits per heavy atom. The molecule has 1 aromatic carbocycles. The highest BCUT2D eigenvalue weighted by Crippen LogP contribution is 2.35. The van der Waals surface area contributed by atoms with Gasteiger partial charge in [0.2, 0.25) is 0 Å². The zero-order valence-corrected chi connectivity index (χ0v) is 18.8. The summed E-state index contributed by atoms with van der Waals surface area (Å²) < 4.78 is 23.8. The molecule has 4 aromatic rings. The lowest BCUT2D eigenvalue weighted by Gasteiger charge is -2.19. The summed E-state index contributed by atoms with van der Waals surface area (Å²) in [5.74, 6) is 0.358. The average Bonchev–Trinajstić information content (AvgIpc) is 3.31. The molecule has 0 radical (unpaired) electrons. The third-order valence-corrected chi connectivity index (χ3v) is 5.52. The molecule has 0 aliphatic heterocycles. The van der Waals surface area contributed by atoms with Crippen LogP contribution in [0.1, 0.15) is 36.6 Å². The van der Waals surface area contributed by atoms with E-state index in [1.54, 1.807) is 33.8 Å². The van der Waals surface area contributed by atoms with Crippen molar-refractivity contribution in [3.8, 4) is 17.0 Å². The van der Waals surface area contributed by atoms with Crippen molar-refractivity contribution in [2.24, 2.45) is 7.05 Å². The Hall–Kier alpha value is -3.39. The van der Waals surface area contributed by atoms with Crippen LogP contribution in [-0.2, 0) is 20.0 Å². The van der Waals surface area contributed by atoms with Crippen LogP contribution in [0.4, 0.5) is 10.2 Å². The van der Waals surface area contributed by atoms with Gasteiger partial charge in [0.05, 0.1) is 5.69 Å². The maximum Gasteiger partial charge on any atom is 0.166 e. The number of hydrogen-bond donors (Lipinski definition) is 1. The molecule has 0 aliphatic carbocycles. The summed E-state index contributed by atoms with van der Waals surface area (Å²) in [6.45, 7) is 4.58. The van der Waals surface area contributed by atoms with Gasteiger partial charge in [-0.15, -0.1) is 0 Å². The molecule has 0 saturated carbocycles. The SMILES string of the molecule is CCn1cc(Cc2cn(C)nc2-c2ccc(F)cc2C(C)Oc2cccnc2N)c(Cl)n1. The lowest BCUT2D eigenvalue weighted by Crippen LogP contribution is -2.08. The van der Waals surface area contributed by atoms with Crippen LogP contribution >= 0.6 is 11.6 Å². The minimum absolute atomic E-state index is 0.276. The van der Waals surface area contributed by atoms with Crippen molar-refractivity contribution < 1.29 is 9.13 Å². The van der Waals surface area contributed by atoms with Gasteiger partial charge in [-0.05, 0) is 44.2 Å². The molecule has 0 aliphatic rings. The third-order valence-electron chi connectivity index (χ3n) is 5.21. The molecule has 1 atom stereocenters. The van der Waals surface area contributed by atoms with E-state index in [9.17, 15) is 4.39 Å². The van der Waals surface area contributed by atoms with Gasteiger partial charge in [-0.3, -0.25) is 9.36 Å². The van der Waals surface area contributed by atoms with Gasteiger partial charge in [-0.2, -0.15) is 10.2 Å². The van der Waals surface area contributed by atoms with E-state index in [-0.39, 0.29) is 11.6 Å². The number of nitrogens with zero attached hydrogens (tertiary/aromatic N) is 5. The van der Waals surface area contributed by atoms with Crippen LogP contribution in [0.2, 0.25) is 5.15 Å². The summed E-state index contributed by atoms with van der Waals surface area (Å²) in [7, 11) is 1.85. The molecule has 0 spiro atoms. The monoisotopic (exact) mass is 454 g/mol. The first kappa shape index (κ1) is 21.8. The number of nitrogen functional groups attached to an aromatic ring is 1. The summed E-state index contributed by atoms with van der Waals surface area (Å²) in [4.78, 5) is 4.05. The van der Waals surface area contributed by atoms with Crippen LogP contribution in [0, 0.1) is 5.82 Å². The second-order valence-corrected chi connectivity index (χ2v) is 7.89. The molecule has 3 aromatic heterocycles. The topological polar surface area (TPSA) is 83.8 Å². The molecule has 3 heterocycles. The van der Waals surface area contributed by atoms with Crippen LogP contribution in [-0.4, -0.2) is 24.5 Å². The second-order valence-electron chi connectivity index (χ2n) is 7.53. The van der Waals surface area contributed by atoms with E-state index in [1.807, 2.05) is 33.3 Å². The number of rotatable bonds is 7. The van der Waals surface area contributed by atoms with Gasteiger partial charge in [0.1, 0.15) is 11.9 Å². The molecule has 166 valence electrons. The van der Waals surface area contributed by atoms with E-state index in [2.05, 4.69) is 15.2 Å². The number of aromatic nitrogens is 5. The molecular weight excluding hydrogens is 431 g/mol. The van der Waals surface area contributed by atoms with Crippen molar-refractivity contribution in [2.75, 3.05) is 5.73 Å². The number of nitrogens with two attached hydrogens (primary N) is 1. The van der Waals surface area contributed by atoms with Crippen LogP contribution in [0.3, 0.4) is 0 Å². The number of benzene rings is 1. The fourth-order valence-corrected chi connectivity index (χ4v) is 3.87. The van der Waals surface area contributed by atoms with Gasteiger partial charge in [0.15, 0.2) is 16.7 Å². The summed E-state index contributed by atoms with van der Waals surface area (Å²) >= 11 is 6.34. The summed E-state index contributed by atoms with van der Waals surface area (Å²) in [5.41, 5.74) is 9.94. The van der Waals surface area contributed by atoms with Gasteiger partial charge >= 0.3 is 0 Å².